The molecule has 0 bridgehead atoms. The molecule has 3 nitrogen and oxygen atoms in total. The normalized spacial score (nSPS) is 23.0. The Kier molecular flexibility index (Phi) is 3.14. The van der Waals surface area contributed by atoms with E-state index < -0.39 is 0 Å². The van der Waals surface area contributed by atoms with Crippen molar-refractivity contribution in [3.63, 3.8) is 0 Å². The minimum Gasteiger partial charge on any atom is -0.497 e. The van der Waals surface area contributed by atoms with Gasteiger partial charge in [-0.3, -0.25) is 4.90 Å². The molecule has 2 fully saturated rings. The Bertz CT molecular complexity index is 662. The van der Waals surface area contributed by atoms with Crippen molar-refractivity contribution in [1.82, 2.24) is 9.88 Å². The topological polar surface area (TPSA) is 28.3 Å². The second kappa shape index (κ2) is 5.02. The van der Waals surface area contributed by atoms with Crippen LogP contribution in [-0.4, -0.2) is 35.6 Å². The van der Waals surface area contributed by atoms with Crippen molar-refractivity contribution in [3.8, 4) is 5.75 Å². The van der Waals surface area contributed by atoms with Gasteiger partial charge in [-0.05, 0) is 50.3 Å². The summed E-state index contributed by atoms with van der Waals surface area (Å²) in [5, 5.41) is 0.967. The van der Waals surface area contributed by atoms with E-state index in [4.69, 9.17) is 4.74 Å². The lowest BCUT2D eigenvalue weighted by Crippen LogP contribution is -2.32. The van der Waals surface area contributed by atoms with Gasteiger partial charge in [0.25, 0.3) is 0 Å². The number of ether oxygens (including phenoxy) is 1. The van der Waals surface area contributed by atoms with E-state index in [2.05, 4.69) is 9.88 Å². The van der Waals surface area contributed by atoms with Crippen molar-refractivity contribution in [3.05, 3.63) is 29.7 Å². The van der Waals surface area contributed by atoms with E-state index in [0.29, 0.717) is 17.3 Å². The lowest BCUT2D eigenvalue weighted by Gasteiger charge is -2.24. The van der Waals surface area contributed by atoms with Crippen molar-refractivity contribution >= 4 is 10.9 Å². The van der Waals surface area contributed by atoms with Gasteiger partial charge in [0.1, 0.15) is 5.75 Å². The van der Waals surface area contributed by atoms with E-state index in [1.165, 1.54) is 43.9 Å². The summed E-state index contributed by atoms with van der Waals surface area (Å²) >= 11 is 0. The molecule has 1 atom stereocenters. The van der Waals surface area contributed by atoms with E-state index in [-0.39, 0.29) is 5.82 Å². The van der Waals surface area contributed by atoms with Crippen LogP contribution in [0.2, 0.25) is 0 Å². The summed E-state index contributed by atoms with van der Waals surface area (Å²) in [4.78, 5) is 5.75. The molecule has 1 aliphatic heterocycles. The van der Waals surface area contributed by atoms with E-state index in [0.717, 1.165) is 17.8 Å². The lowest BCUT2D eigenvalue weighted by molar-refractivity contribution is 0.242. The molecule has 0 radical (unpaired) electrons. The number of methoxy groups -OCH3 is 1. The molecular formula is C17H21FN2O. The molecule has 2 aromatic rings. The maximum atomic E-state index is 14.1. The van der Waals surface area contributed by atoms with Crippen LogP contribution in [0.1, 0.15) is 31.2 Å². The van der Waals surface area contributed by atoms with Crippen molar-refractivity contribution in [2.75, 3.05) is 13.7 Å². The van der Waals surface area contributed by atoms with Gasteiger partial charge < -0.3 is 9.72 Å². The summed E-state index contributed by atoms with van der Waals surface area (Å²) in [6.07, 6.45) is 8.23. The van der Waals surface area contributed by atoms with Gasteiger partial charge in [-0.25, -0.2) is 4.39 Å². The van der Waals surface area contributed by atoms with Crippen LogP contribution in [0.15, 0.2) is 18.3 Å². The average Bonchev–Trinajstić information content (AvgIpc) is 3.09. The molecule has 1 N–H and O–H groups in total. The summed E-state index contributed by atoms with van der Waals surface area (Å²) < 4.78 is 19.3. The molecule has 1 aromatic heterocycles. The van der Waals surface area contributed by atoms with E-state index in [1.807, 2.05) is 12.3 Å². The standard InChI is InChI=1S/C17H21FN2O/c1-21-14-8-15-11(10-19-17(15)16(18)9-14)7-13-3-2-6-20(13)12-4-5-12/h8-10,12-13,19H,2-7H2,1H3/t13-/m1/s1. The number of likely N-dealkylation sites (tertiary alicyclic amines) is 1. The van der Waals surface area contributed by atoms with Gasteiger partial charge in [-0.15, -0.1) is 0 Å². The average molecular weight is 288 g/mol. The molecule has 21 heavy (non-hydrogen) atoms. The zero-order valence-electron chi connectivity index (χ0n) is 12.4. The smallest absolute Gasteiger partial charge is 0.150 e. The van der Waals surface area contributed by atoms with Crippen LogP contribution >= 0.6 is 0 Å². The zero-order valence-corrected chi connectivity index (χ0v) is 12.4. The van der Waals surface area contributed by atoms with Crippen molar-refractivity contribution < 1.29 is 9.13 Å². The van der Waals surface area contributed by atoms with Crippen molar-refractivity contribution in [2.45, 2.75) is 44.2 Å². The summed E-state index contributed by atoms with van der Waals surface area (Å²) in [5.74, 6) is 0.354. The van der Waals surface area contributed by atoms with Gasteiger partial charge in [0, 0.05) is 29.7 Å². The number of hydrogen-bond acceptors (Lipinski definition) is 2. The third kappa shape index (κ3) is 2.31. The fourth-order valence-electron chi connectivity index (χ4n) is 3.72. The Balaban J connectivity index is 1.65. The largest absolute Gasteiger partial charge is 0.497 e. The summed E-state index contributed by atoms with van der Waals surface area (Å²) in [6.45, 7) is 1.23. The number of rotatable bonds is 4. The highest BCUT2D eigenvalue weighted by molar-refractivity contribution is 5.85. The Hall–Kier alpha value is -1.55. The third-order valence-corrected chi connectivity index (χ3v) is 4.93. The first-order valence-corrected chi connectivity index (χ1v) is 7.85. The van der Waals surface area contributed by atoms with Gasteiger partial charge in [0.05, 0.1) is 12.6 Å². The number of nitrogens with zero attached hydrogens (tertiary/aromatic N) is 1. The Labute approximate surface area is 124 Å². The van der Waals surface area contributed by atoms with Gasteiger partial charge in [0.15, 0.2) is 5.82 Å². The van der Waals surface area contributed by atoms with Crippen molar-refractivity contribution in [2.24, 2.45) is 0 Å². The molecular weight excluding hydrogens is 267 g/mol. The van der Waals surface area contributed by atoms with Crippen LogP contribution in [0.3, 0.4) is 0 Å². The minimum atomic E-state index is -0.235. The lowest BCUT2D eigenvalue weighted by atomic mass is 10.0. The van der Waals surface area contributed by atoms with E-state index >= 15 is 0 Å². The molecule has 1 aromatic carbocycles. The first kappa shape index (κ1) is 13.1. The monoisotopic (exact) mass is 288 g/mol. The molecule has 1 aliphatic carbocycles. The van der Waals surface area contributed by atoms with Gasteiger partial charge >= 0.3 is 0 Å². The number of H-pyrrole nitrogens is 1. The first-order chi connectivity index (χ1) is 10.3. The fourth-order valence-corrected chi connectivity index (χ4v) is 3.72. The minimum absolute atomic E-state index is 0.235. The Morgan fingerprint density at radius 2 is 2.19 bits per heavy atom. The van der Waals surface area contributed by atoms with Gasteiger partial charge in [0.2, 0.25) is 0 Å². The molecule has 2 aliphatic rings. The summed E-state index contributed by atoms with van der Waals surface area (Å²) in [7, 11) is 1.58. The van der Waals surface area contributed by atoms with Crippen LogP contribution in [0.4, 0.5) is 4.39 Å². The van der Waals surface area contributed by atoms with Gasteiger partial charge in [-0.1, -0.05) is 0 Å². The SMILES string of the molecule is COc1cc(F)c2[nH]cc(C[C@H]3CCCN3C3CC3)c2c1. The zero-order chi connectivity index (χ0) is 14.4. The second-order valence-electron chi connectivity index (χ2n) is 6.31. The number of aromatic amines is 1. The molecule has 1 saturated carbocycles. The number of aromatic nitrogens is 1. The number of benzene rings is 1. The Morgan fingerprint density at radius 1 is 1.33 bits per heavy atom. The number of halogens is 1. The molecule has 0 amide bonds. The van der Waals surface area contributed by atoms with Crippen molar-refractivity contribution in [1.29, 1.82) is 0 Å². The van der Waals surface area contributed by atoms with E-state index in [9.17, 15) is 4.39 Å². The van der Waals surface area contributed by atoms with Crippen LogP contribution in [-0.2, 0) is 6.42 Å². The quantitative estimate of drug-likeness (QED) is 0.933. The van der Waals surface area contributed by atoms with Crippen LogP contribution < -0.4 is 4.74 Å². The molecule has 1 saturated heterocycles. The van der Waals surface area contributed by atoms with E-state index in [1.54, 1.807) is 7.11 Å². The fraction of sp³-hybridized carbons (Fsp3) is 0.529. The highest BCUT2D eigenvalue weighted by atomic mass is 19.1. The van der Waals surface area contributed by atoms with Crippen LogP contribution in [0.25, 0.3) is 10.9 Å². The second-order valence-corrected chi connectivity index (χ2v) is 6.31. The third-order valence-electron chi connectivity index (χ3n) is 4.93. The highest BCUT2D eigenvalue weighted by Gasteiger charge is 2.36. The molecule has 4 heteroatoms. The molecule has 112 valence electrons. The number of fused-ring (bicyclic) bond motifs is 1. The molecule has 0 unspecified atom stereocenters. The van der Waals surface area contributed by atoms with Gasteiger partial charge in [-0.2, -0.15) is 0 Å². The summed E-state index contributed by atoms with van der Waals surface area (Å²) in [5.41, 5.74) is 1.81. The highest BCUT2D eigenvalue weighted by Crippen LogP contribution is 2.36. The maximum Gasteiger partial charge on any atom is 0.150 e. The molecule has 4 rings (SSSR count). The molecule has 2 heterocycles. The van der Waals surface area contributed by atoms with Crippen LogP contribution in [0, 0.1) is 5.82 Å². The van der Waals surface area contributed by atoms with Crippen LogP contribution in [0.5, 0.6) is 5.75 Å². The number of nitrogens with one attached hydrogen (secondary N) is 1. The molecule has 0 spiro atoms. The predicted octanol–water partition coefficient (Wildman–Crippen LogP) is 3.48. The first-order valence-electron chi connectivity index (χ1n) is 7.85. The Morgan fingerprint density at radius 3 is 2.95 bits per heavy atom. The number of hydrogen-bond donors (Lipinski definition) is 1. The maximum absolute atomic E-state index is 14.1. The predicted molar refractivity (Wildman–Crippen MR) is 81.3 cm³/mol. The summed E-state index contributed by atoms with van der Waals surface area (Å²) in [6, 6.07) is 4.81.